The van der Waals surface area contributed by atoms with Crippen molar-refractivity contribution in [2.24, 2.45) is 0 Å². The van der Waals surface area contributed by atoms with Crippen molar-refractivity contribution in [2.75, 3.05) is 19.5 Å². The minimum Gasteiger partial charge on any atom is -0.497 e. The number of amides is 1. The van der Waals surface area contributed by atoms with Crippen molar-refractivity contribution in [3.63, 3.8) is 0 Å². The number of aromatic nitrogens is 2. The van der Waals surface area contributed by atoms with Crippen LogP contribution >= 0.6 is 11.6 Å². The molecule has 1 N–H and O–H groups in total. The first-order valence-electron chi connectivity index (χ1n) is 9.40. The number of nitrogens with one attached hydrogen (secondary N) is 1. The number of rotatable bonds is 7. The van der Waals surface area contributed by atoms with Crippen molar-refractivity contribution in [1.29, 1.82) is 0 Å². The number of benzene rings is 2. The smallest absolute Gasteiger partial charge is 0.248 e. The number of halogens is 1. The van der Waals surface area contributed by atoms with Gasteiger partial charge in [0, 0.05) is 46.2 Å². The normalized spacial score (nSPS) is 11.0. The first-order valence-corrected chi connectivity index (χ1v) is 9.78. The van der Waals surface area contributed by atoms with E-state index >= 15 is 0 Å². The number of ether oxygens (including phenoxy) is 2. The highest BCUT2D eigenvalue weighted by Gasteiger charge is 2.11. The molecule has 30 heavy (non-hydrogen) atoms. The van der Waals surface area contributed by atoms with Crippen LogP contribution in [0.4, 0.5) is 5.69 Å². The van der Waals surface area contributed by atoms with E-state index in [0.29, 0.717) is 28.8 Å². The van der Waals surface area contributed by atoms with E-state index in [2.05, 4.69) is 10.4 Å². The molecule has 3 aromatic rings. The van der Waals surface area contributed by atoms with Crippen LogP contribution in [-0.4, -0.2) is 29.9 Å². The predicted molar refractivity (Wildman–Crippen MR) is 119 cm³/mol. The molecule has 1 aromatic heterocycles. The predicted octanol–water partition coefficient (Wildman–Crippen LogP) is 4.87. The van der Waals surface area contributed by atoms with Gasteiger partial charge in [-0.05, 0) is 31.6 Å². The zero-order valence-corrected chi connectivity index (χ0v) is 18.2. The highest BCUT2D eigenvalue weighted by molar-refractivity contribution is 6.31. The zero-order valence-electron chi connectivity index (χ0n) is 17.4. The van der Waals surface area contributed by atoms with Crippen LogP contribution in [0.15, 0.2) is 48.5 Å². The molecule has 1 amide bonds. The van der Waals surface area contributed by atoms with Crippen LogP contribution in [0.1, 0.15) is 22.5 Å². The van der Waals surface area contributed by atoms with Crippen molar-refractivity contribution < 1.29 is 14.3 Å². The van der Waals surface area contributed by atoms with Crippen LogP contribution in [0, 0.1) is 13.8 Å². The number of hydrogen-bond donors (Lipinski definition) is 1. The van der Waals surface area contributed by atoms with E-state index in [1.807, 2.05) is 42.8 Å². The van der Waals surface area contributed by atoms with Crippen molar-refractivity contribution in [3.8, 4) is 11.5 Å². The Hall–Kier alpha value is -3.25. The highest BCUT2D eigenvalue weighted by Crippen LogP contribution is 2.26. The quantitative estimate of drug-likeness (QED) is 0.548. The Kier molecular flexibility index (Phi) is 6.79. The summed E-state index contributed by atoms with van der Waals surface area (Å²) in [6.07, 6.45) is 3.26. The van der Waals surface area contributed by atoms with Crippen molar-refractivity contribution in [2.45, 2.75) is 20.4 Å². The van der Waals surface area contributed by atoms with E-state index in [0.717, 1.165) is 22.5 Å². The molecule has 0 atom stereocenters. The molecule has 0 aliphatic rings. The maximum absolute atomic E-state index is 12.4. The Morgan fingerprint density at radius 3 is 2.43 bits per heavy atom. The molecule has 7 heteroatoms. The number of anilines is 1. The summed E-state index contributed by atoms with van der Waals surface area (Å²) in [4.78, 5) is 12.4. The third-order valence-electron chi connectivity index (χ3n) is 4.74. The number of hydrogen-bond acceptors (Lipinski definition) is 4. The summed E-state index contributed by atoms with van der Waals surface area (Å²) in [5, 5.41) is 8.12. The van der Waals surface area contributed by atoms with Crippen LogP contribution in [-0.2, 0) is 11.3 Å². The van der Waals surface area contributed by atoms with Gasteiger partial charge in [0.05, 0.1) is 26.5 Å². The van der Waals surface area contributed by atoms with Crippen molar-refractivity contribution in [1.82, 2.24) is 9.78 Å². The molecule has 0 spiro atoms. The fraction of sp³-hybridized carbons (Fsp3) is 0.217. The lowest BCUT2D eigenvalue weighted by atomic mass is 10.1. The van der Waals surface area contributed by atoms with E-state index in [1.165, 1.54) is 6.08 Å². The van der Waals surface area contributed by atoms with Gasteiger partial charge in [-0.2, -0.15) is 5.10 Å². The zero-order chi connectivity index (χ0) is 21.7. The van der Waals surface area contributed by atoms with Crippen molar-refractivity contribution >= 4 is 29.3 Å². The minimum atomic E-state index is -0.261. The molecule has 0 radical (unpaired) electrons. The van der Waals surface area contributed by atoms with Gasteiger partial charge in [-0.15, -0.1) is 0 Å². The molecule has 3 rings (SSSR count). The minimum absolute atomic E-state index is 0.261. The van der Waals surface area contributed by atoms with E-state index in [1.54, 1.807) is 38.5 Å². The molecule has 0 fully saturated rings. The fourth-order valence-electron chi connectivity index (χ4n) is 3.12. The van der Waals surface area contributed by atoms with Gasteiger partial charge in [0.25, 0.3) is 0 Å². The lowest BCUT2D eigenvalue weighted by Crippen LogP contribution is -2.08. The van der Waals surface area contributed by atoms with Crippen LogP contribution in [0.2, 0.25) is 5.02 Å². The molecule has 156 valence electrons. The Morgan fingerprint density at radius 1 is 1.13 bits per heavy atom. The monoisotopic (exact) mass is 425 g/mol. The summed E-state index contributed by atoms with van der Waals surface area (Å²) in [6.45, 7) is 4.46. The summed E-state index contributed by atoms with van der Waals surface area (Å²) < 4.78 is 12.3. The molecule has 0 aliphatic carbocycles. The molecule has 0 saturated carbocycles. The van der Waals surface area contributed by atoms with Gasteiger partial charge in [0.15, 0.2) is 0 Å². The van der Waals surface area contributed by atoms with Gasteiger partial charge >= 0.3 is 0 Å². The summed E-state index contributed by atoms with van der Waals surface area (Å²) >= 11 is 6.27. The summed E-state index contributed by atoms with van der Waals surface area (Å²) in [7, 11) is 3.12. The molecule has 1 heterocycles. The number of nitrogens with zero attached hydrogens (tertiary/aromatic N) is 2. The van der Waals surface area contributed by atoms with Gasteiger partial charge < -0.3 is 14.8 Å². The summed E-state index contributed by atoms with van der Waals surface area (Å²) in [6, 6.07) is 12.9. The first-order chi connectivity index (χ1) is 14.4. The Labute approximate surface area is 181 Å². The molecular formula is C23H24ClN3O3. The maximum Gasteiger partial charge on any atom is 0.248 e. The Bertz CT molecular complexity index is 1070. The average Bonchev–Trinajstić information content (AvgIpc) is 3.00. The lowest BCUT2D eigenvalue weighted by molar-refractivity contribution is -0.111. The van der Waals surface area contributed by atoms with Gasteiger partial charge in [-0.25, -0.2) is 0 Å². The molecule has 0 saturated heterocycles. The third kappa shape index (κ3) is 5.02. The second-order valence-corrected chi connectivity index (χ2v) is 7.16. The molecule has 0 bridgehead atoms. The van der Waals surface area contributed by atoms with Crippen LogP contribution in [0.25, 0.3) is 6.08 Å². The van der Waals surface area contributed by atoms with Crippen LogP contribution < -0.4 is 14.8 Å². The van der Waals surface area contributed by atoms with E-state index < -0.39 is 0 Å². The number of carbonyl (C=O) groups is 1. The second kappa shape index (κ2) is 9.50. The number of aryl methyl sites for hydroxylation is 1. The maximum atomic E-state index is 12.4. The fourth-order valence-corrected chi connectivity index (χ4v) is 3.31. The largest absolute Gasteiger partial charge is 0.497 e. The number of methoxy groups -OCH3 is 2. The van der Waals surface area contributed by atoms with Crippen molar-refractivity contribution in [3.05, 3.63) is 76.1 Å². The standard InChI is InChI=1S/C23H24ClN3O3/c1-15-21(16(2)27(26-15)14-17-7-5-6-8-22(17)24)9-10-23(28)25-18-11-19(29-3)13-20(12-18)30-4/h5-13H,14H2,1-4H3,(H,25,28). The molecule has 6 nitrogen and oxygen atoms in total. The summed E-state index contributed by atoms with van der Waals surface area (Å²) in [5.74, 6) is 0.935. The lowest BCUT2D eigenvalue weighted by Gasteiger charge is -2.08. The second-order valence-electron chi connectivity index (χ2n) is 6.76. The Balaban J connectivity index is 1.75. The number of carbonyl (C=O) groups excluding carboxylic acids is 1. The molecule has 0 unspecified atom stereocenters. The van der Waals surface area contributed by atoms with Gasteiger partial charge in [-0.3, -0.25) is 9.48 Å². The van der Waals surface area contributed by atoms with E-state index in [9.17, 15) is 4.79 Å². The van der Waals surface area contributed by atoms with Crippen LogP contribution in [0.3, 0.4) is 0 Å². The highest BCUT2D eigenvalue weighted by atomic mass is 35.5. The topological polar surface area (TPSA) is 65.4 Å². The van der Waals surface area contributed by atoms with Gasteiger partial charge in [0.2, 0.25) is 5.91 Å². The third-order valence-corrected chi connectivity index (χ3v) is 5.10. The molecule has 0 aliphatic heterocycles. The van der Waals surface area contributed by atoms with E-state index in [4.69, 9.17) is 21.1 Å². The molecule has 2 aromatic carbocycles. The molecular weight excluding hydrogens is 402 g/mol. The Morgan fingerprint density at radius 2 is 1.80 bits per heavy atom. The van der Waals surface area contributed by atoms with Crippen LogP contribution in [0.5, 0.6) is 11.5 Å². The first kappa shape index (κ1) is 21.5. The van der Waals surface area contributed by atoms with Gasteiger partial charge in [-0.1, -0.05) is 29.8 Å². The van der Waals surface area contributed by atoms with E-state index in [-0.39, 0.29) is 5.91 Å². The SMILES string of the molecule is COc1cc(NC(=O)C=Cc2c(C)nn(Cc3ccccc3Cl)c2C)cc(OC)c1. The average molecular weight is 426 g/mol. The van der Waals surface area contributed by atoms with Gasteiger partial charge in [0.1, 0.15) is 11.5 Å². The summed E-state index contributed by atoms with van der Waals surface area (Å²) in [5.41, 5.74) is 4.28.